The van der Waals surface area contributed by atoms with Gasteiger partial charge in [0.1, 0.15) is 11.5 Å². The molecule has 2 N–H and O–H groups in total. The van der Waals surface area contributed by atoms with Gasteiger partial charge in [0.05, 0.1) is 12.6 Å². The molecule has 0 radical (unpaired) electrons. The van der Waals surface area contributed by atoms with Crippen LogP contribution in [0.3, 0.4) is 0 Å². The first-order valence-electron chi connectivity index (χ1n) is 6.31. The number of aromatic nitrogens is 1. The van der Waals surface area contributed by atoms with Gasteiger partial charge in [-0.15, -0.1) is 0 Å². The Morgan fingerprint density at radius 1 is 1.61 bits per heavy atom. The van der Waals surface area contributed by atoms with Crippen molar-refractivity contribution in [3.8, 4) is 0 Å². The molecule has 1 saturated heterocycles. The highest BCUT2D eigenvalue weighted by molar-refractivity contribution is 5.81. The molecule has 1 aromatic rings. The van der Waals surface area contributed by atoms with E-state index in [-0.39, 0.29) is 11.9 Å². The summed E-state index contributed by atoms with van der Waals surface area (Å²) in [5.41, 5.74) is 0.758. The van der Waals surface area contributed by atoms with Gasteiger partial charge in [-0.2, -0.15) is 0 Å². The standard InChI is InChI=1S/C12H20N4O2/c1-9-7-11(15-18-9)8-14-12(17)10(2)16-5-3-13-4-6-16/h7,10,13H,3-6,8H2,1-2H3,(H,14,17). The molecule has 18 heavy (non-hydrogen) atoms. The molecule has 100 valence electrons. The van der Waals surface area contributed by atoms with Crippen molar-refractivity contribution in [2.45, 2.75) is 26.4 Å². The molecule has 1 fully saturated rings. The third kappa shape index (κ3) is 3.30. The summed E-state index contributed by atoms with van der Waals surface area (Å²) < 4.78 is 4.95. The number of amides is 1. The van der Waals surface area contributed by atoms with Crippen LogP contribution >= 0.6 is 0 Å². The van der Waals surface area contributed by atoms with Crippen LogP contribution in [0.15, 0.2) is 10.6 Å². The smallest absolute Gasteiger partial charge is 0.237 e. The summed E-state index contributed by atoms with van der Waals surface area (Å²) in [6.45, 7) is 7.92. The van der Waals surface area contributed by atoms with E-state index in [4.69, 9.17) is 4.52 Å². The minimum absolute atomic E-state index is 0.0394. The molecule has 6 nitrogen and oxygen atoms in total. The molecule has 0 aromatic carbocycles. The summed E-state index contributed by atoms with van der Waals surface area (Å²) in [6, 6.07) is 1.73. The van der Waals surface area contributed by atoms with Gasteiger partial charge in [0.25, 0.3) is 0 Å². The van der Waals surface area contributed by atoms with E-state index in [9.17, 15) is 4.79 Å². The number of hydrogen-bond donors (Lipinski definition) is 2. The largest absolute Gasteiger partial charge is 0.361 e. The van der Waals surface area contributed by atoms with E-state index in [2.05, 4.69) is 20.7 Å². The highest BCUT2D eigenvalue weighted by atomic mass is 16.5. The monoisotopic (exact) mass is 252 g/mol. The van der Waals surface area contributed by atoms with Crippen LogP contribution in [-0.4, -0.2) is 48.2 Å². The Kier molecular flexibility index (Phi) is 4.33. The molecule has 1 aliphatic rings. The van der Waals surface area contributed by atoms with Crippen molar-refractivity contribution in [2.75, 3.05) is 26.2 Å². The van der Waals surface area contributed by atoms with Crippen LogP contribution < -0.4 is 10.6 Å². The zero-order valence-electron chi connectivity index (χ0n) is 10.9. The first-order chi connectivity index (χ1) is 8.66. The maximum absolute atomic E-state index is 12.0. The van der Waals surface area contributed by atoms with Gasteiger partial charge in [-0.1, -0.05) is 5.16 Å². The second-order valence-electron chi connectivity index (χ2n) is 4.61. The summed E-state index contributed by atoms with van der Waals surface area (Å²) in [5, 5.41) is 10.0. The second kappa shape index (κ2) is 5.97. The van der Waals surface area contributed by atoms with E-state index >= 15 is 0 Å². The normalized spacial score (nSPS) is 18.6. The zero-order chi connectivity index (χ0) is 13.0. The first-order valence-corrected chi connectivity index (χ1v) is 6.31. The lowest BCUT2D eigenvalue weighted by molar-refractivity contribution is -0.126. The van der Waals surface area contributed by atoms with Gasteiger partial charge in [0.15, 0.2) is 0 Å². The van der Waals surface area contributed by atoms with Gasteiger partial charge in [-0.05, 0) is 13.8 Å². The van der Waals surface area contributed by atoms with Crippen molar-refractivity contribution < 1.29 is 9.32 Å². The summed E-state index contributed by atoms with van der Waals surface area (Å²) in [4.78, 5) is 14.2. The molecule has 1 atom stereocenters. The van der Waals surface area contributed by atoms with Crippen molar-refractivity contribution in [1.82, 2.24) is 20.7 Å². The van der Waals surface area contributed by atoms with E-state index in [0.29, 0.717) is 6.54 Å². The summed E-state index contributed by atoms with van der Waals surface area (Å²) in [6.07, 6.45) is 0. The first kappa shape index (κ1) is 13.0. The maximum Gasteiger partial charge on any atom is 0.237 e. The molecule has 0 saturated carbocycles. The average molecular weight is 252 g/mol. The predicted octanol–water partition coefficient (Wildman–Crippen LogP) is -0.107. The van der Waals surface area contributed by atoms with Gasteiger partial charge in [0, 0.05) is 32.2 Å². The molecular formula is C12H20N4O2. The lowest BCUT2D eigenvalue weighted by Gasteiger charge is -2.31. The van der Waals surface area contributed by atoms with Crippen LogP contribution in [-0.2, 0) is 11.3 Å². The molecule has 0 aliphatic carbocycles. The van der Waals surface area contributed by atoms with E-state index in [0.717, 1.165) is 37.6 Å². The van der Waals surface area contributed by atoms with E-state index in [1.54, 1.807) is 0 Å². The lowest BCUT2D eigenvalue weighted by Crippen LogP contribution is -2.52. The predicted molar refractivity (Wildman–Crippen MR) is 67.0 cm³/mol. The van der Waals surface area contributed by atoms with Crippen molar-refractivity contribution in [3.63, 3.8) is 0 Å². The number of piperazine rings is 1. The van der Waals surface area contributed by atoms with E-state index in [1.165, 1.54) is 0 Å². The number of carbonyl (C=O) groups excluding carboxylic acids is 1. The van der Waals surface area contributed by atoms with Gasteiger partial charge < -0.3 is 15.2 Å². The molecule has 2 rings (SSSR count). The molecule has 0 spiro atoms. The molecule has 1 aromatic heterocycles. The Hall–Kier alpha value is -1.40. The van der Waals surface area contributed by atoms with Crippen LogP contribution in [0, 0.1) is 6.92 Å². The number of carbonyl (C=O) groups is 1. The summed E-state index contributed by atoms with van der Waals surface area (Å²) in [5.74, 6) is 0.798. The van der Waals surface area contributed by atoms with Crippen molar-refractivity contribution in [1.29, 1.82) is 0 Å². The van der Waals surface area contributed by atoms with Crippen LogP contribution in [0.25, 0.3) is 0 Å². The van der Waals surface area contributed by atoms with Crippen molar-refractivity contribution >= 4 is 5.91 Å². The average Bonchev–Trinajstić information content (AvgIpc) is 2.82. The zero-order valence-corrected chi connectivity index (χ0v) is 10.9. The number of nitrogens with one attached hydrogen (secondary N) is 2. The molecule has 6 heteroatoms. The van der Waals surface area contributed by atoms with Gasteiger partial charge in [0.2, 0.25) is 5.91 Å². The minimum atomic E-state index is -0.0971. The quantitative estimate of drug-likeness (QED) is 0.782. The Morgan fingerprint density at radius 3 is 2.94 bits per heavy atom. The Morgan fingerprint density at radius 2 is 2.33 bits per heavy atom. The molecule has 1 unspecified atom stereocenters. The molecule has 1 aliphatic heterocycles. The third-order valence-electron chi connectivity index (χ3n) is 3.20. The fourth-order valence-corrected chi connectivity index (χ4v) is 2.06. The number of rotatable bonds is 4. The molecule has 2 heterocycles. The fraction of sp³-hybridized carbons (Fsp3) is 0.667. The minimum Gasteiger partial charge on any atom is -0.361 e. The SMILES string of the molecule is Cc1cc(CNC(=O)C(C)N2CCNCC2)no1. The number of hydrogen-bond acceptors (Lipinski definition) is 5. The topological polar surface area (TPSA) is 70.4 Å². The fourth-order valence-electron chi connectivity index (χ4n) is 2.06. The molecular weight excluding hydrogens is 232 g/mol. The van der Waals surface area contributed by atoms with E-state index < -0.39 is 0 Å². The molecule has 0 bridgehead atoms. The van der Waals surface area contributed by atoms with Gasteiger partial charge in [-0.25, -0.2) is 0 Å². The highest BCUT2D eigenvalue weighted by Crippen LogP contribution is 2.03. The Balaban J connectivity index is 1.79. The van der Waals surface area contributed by atoms with Crippen molar-refractivity contribution in [3.05, 3.63) is 17.5 Å². The number of nitrogens with zero attached hydrogens (tertiary/aromatic N) is 2. The van der Waals surface area contributed by atoms with Gasteiger partial charge in [-0.3, -0.25) is 9.69 Å². The van der Waals surface area contributed by atoms with Crippen LogP contribution in [0.4, 0.5) is 0 Å². The highest BCUT2D eigenvalue weighted by Gasteiger charge is 2.22. The van der Waals surface area contributed by atoms with Crippen molar-refractivity contribution in [2.24, 2.45) is 0 Å². The van der Waals surface area contributed by atoms with Crippen LogP contribution in [0.1, 0.15) is 18.4 Å². The lowest BCUT2D eigenvalue weighted by atomic mass is 10.2. The molecule has 1 amide bonds. The number of aryl methyl sites for hydroxylation is 1. The summed E-state index contributed by atoms with van der Waals surface area (Å²) >= 11 is 0. The maximum atomic E-state index is 12.0. The Bertz CT molecular complexity index is 399. The van der Waals surface area contributed by atoms with Crippen LogP contribution in [0.5, 0.6) is 0 Å². The van der Waals surface area contributed by atoms with E-state index in [1.807, 2.05) is 19.9 Å². The second-order valence-corrected chi connectivity index (χ2v) is 4.61. The van der Waals surface area contributed by atoms with Crippen LogP contribution in [0.2, 0.25) is 0 Å². The summed E-state index contributed by atoms with van der Waals surface area (Å²) in [7, 11) is 0. The Labute approximate surface area is 107 Å². The van der Waals surface area contributed by atoms with Gasteiger partial charge >= 0.3 is 0 Å². The third-order valence-corrected chi connectivity index (χ3v) is 3.20.